The van der Waals surface area contributed by atoms with Gasteiger partial charge in [0.25, 0.3) is 0 Å². The van der Waals surface area contributed by atoms with E-state index in [0.717, 1.165) is 5.56 Å². The fraction of sp³-hybridized carbons (Fsp3) is 0.471. The van der Waals surface area contributed by atoms with Gasteiger partial charge in [-0.25, -0.2) is 4.79 Å². The van der Waals surface area contributed by atoms with E-state index in [1.807, 2.05) is 0 Å². The van der Waals surface area contributed by atoms with Crippen LogP contribution in [0.25, 0.3) is 0 Å². The number of carbonyl (C=O) groups is 3. The number of benzene rings is 1. The minimum atomic E-state index is -1.07. The number of hydrogen-bond donors (Lipinski definition) is 3. The summed E-state index contributed by atoms with van der Waals surface area (Å²) in [5.41, 5.74) is 0.524. The molecule has 0 amide bonds. The Balaban J connectivity index is 2.73. The third-order valence-electron chi connectivity index (χ3n) is 3.00. The molecule has 1 aromatic carbocycles. The lowest BCUT2D eigenvalue weighted by Gasteiger charge is -2.20. The summed E-state index contributed by atoms with van der Waals surface area (Å²) >= 11 is 0. The van der Waals surface area contributed by atoms with Crippen LogP contribution in [0.4, 0.5) is 0 Å². The topological polar surface area (TPSA) is 113 Å². The predicted molar refractivity (Wildman–Crippen MR) is 86.7 cm³/mol. The zero-order valence-electron chi connectivity index (χ0n) is 14.0. The molecule has 0 radical (unpaired) electrons. The van der Waals surface area contributed by atoms with Crippen LogP contribution < -0.4 is 5.32 Å². The molecule has 0 saturated carbocycles. The minimum absolute atomic E-state index is 0.252. The Morgan fingerprint density at radius 2 is 1.71 bits per heavy atom. The quantitative estimate of drug-likeness (QED) is 0.622. The molecule has 1 aromatic rings. The van der Waals surface area contributed by atoms with Crippen LogP contribution in [0.2, 0.25) is 0 Å². The lowest BCUT2D eigenvalue weighted by Crippen LogP contribution is -2.33. The maximum atomic E-state index is 12.0. The van der Waals surface area contributed by atoms with Crippen molar-refractivity contribution in [2.24, 2.45) is 0 Å². The largest absolute Gasteiger partial charge is 0.481 e. The van der Waals surface area contributed by atoms with Crippen LogP contribution in [0.1, 0.15) is 49.5 Å². The maximum absolute atomic E-state index is 12.0. The van der Waals surface area contributed by atoms with Crippen LogP contribution in [0, 0.1) is 0 Å². The van der Waals surface area contributed by atoms with Crippen molar-refractivity contribution in [2.75, 3.05) is 0 Å². The van der Waals surface area contributed by atoms with E-state index in [9.17, 15) is 14.4 Å². The summed E-state index contributed by atoms with van der Waals surface area (Å²) < 4.78 is 5.29. The second-order valence-corrected chi connectivity index (χ2v) is 6.48. The first-order valence-electron chi connectivity index (χ1n) is 7.56. The minimum Gasteiger partial charge on any atom is -0.481 e. The van der Waals surface area contributed by atoms with Crippen LogP contribution in [0.5, 0.6) is 0 Å². The van der Waals surface area contributed by atoms with Gasteiger partial charge in [-0.1, -0.05) is 12.1 Å². The number of hydrogen-bond acceptors (Lipinski definition) is 5. The molecule has 0 aliphatic carbocycles. The number of nitrogens with one attached hydrogen (secondary N) is 1. The monoisotopic (exact) mass is 337 g/mol. The molecular weight excluding hydrogens is 314 g/mol. The van der Waals surface area contributed by atoms with E-state index in [0.29, 0.717) is 5.56 Å². The van der Waals surface area contributed by atoms with Crippen LogP contribution in [-0.2, 0) is 20.9 Å². The lowest BCUT2D eigenvalue weighted by atomic mass is 10.1. The third kappa shape index (κ3) is 7.73. The van der Waals surface area contributed by atoms with Crippen molar-refractivity contribution in [3.8, 4) is 0 Å². The van der Waals surface area contributed by atoms with Crippen LogP contribution in [-0.4, -0.2) is 39.8 Å². The van der Waals surface area contributed by atoms with Gasteiger partial charge < -0.3 is 20.3 Å². The molecule has 0 aliphatic heterocycles. The fourth-order valence-corrected chi connectivity index (χ4v) is 2.05. The van der Waals surface area contributed by atoms with Gasteiger partial charge in [-0.15, -0.1) is 0 Å². The molecule has 0 heterocycles. The number of ether oxygens (including phenoxy) is 1. The molecular formula is C17H23NO6. The average Bonchev–Trinajstić information content (AvgIpc) is 2.42. The number of carbonyl (C=O) groups excluding carboxylic acids is 1. The van der Waals surface area contributed by atoms with Gasteiger partial charge in [-0.2, -0.15) is 0 Å². The highest BCUT2D eigenvalue weighted by Gasteiger charge is 2.19. The van der Waals surface area contributed by atoms with Crippen molar-refractivity contribution < 1.29 is 29.3 Å². The molecule has 0 aliphatic rings. The van der Waals surface area contributed by atoms with Gasteiger partial charge in [-0.3, -0.25) is 9.59 Å². The van der Waals surface area contributed by atoms with Crippen molar-refractivity contribution in [3.63, 3.8) is 0 Å². The van der Waals surface area contributed by atoms with Gasteiger partial charge in [0.15, 0.2) is 0 Å². The molecule has 0 bridgehead atoms. The molecule has 3 N–H and O–H groups in total. The van der Waals surface area contributed by atoms with Gasteiger partial charge in [0, 0.05) is 12.6 Å². The second-order valence-electron chi connectivity index (χ2n) is 6.48. The standard InChI is InChI=1S/C17H23NO6/c1-17(2,3)24-16(23)12-6-4-5-11(7-12)10-18-13(8-14(19)20)9-15(21)22/h4-7,13,18H,8-10H2,1-3H3,(H,19,20)(H,21,22). The van der Waals surface area contributed by atoms with Crippen molar-refractivity contribution in [3.05, 3.63) is 35.4 Å². The first-order valence-corrected chi connectivity index (χ1v) is 7.56. The van der Waals surface area contributed by atoms with E-state index < -0.39 is 29.6 Å². The molecule has 0 spiro atoms. The Morgan fingerprint density at radius 1 is 1.12 bits per heavy atom. The molecule has 24 heavy (non-hydrogen) atoms. The summed E-state index contributed by atoms with van der Waals surface area (Å²) in [5.74, 6) is -2.59. The highest BCUT2D eigenvalue weighted by atomic mass is 16.6. The van der Waals surface area contributed by atoms with E-state index in [1.165, 1.54) is 0 Å². The summed E-state index contributed by atoms with van der Waals surface area (Å²) in [5, 5.41) is 20.5. The Labute approximate surface area is 140 Å². The number of carboxylic acid groups (broad SMARTS) is 2. The lowest BCUT2D eigenvalue weighted by molar-refractivity contribution is -0.139. The molecule has 132 valence electrons. The Kier molecular flexibility index (Phi) is 6.91. The van der Waals surface area contributed by atoms with Gasteiger partial charge >= 0.3 is 17.9 Å². The molecule has 0 unspecified atom stereocenters. The van der Waals surface area contributed by atoms with E-state index in [2.05, 4.69) is 5.32 Å². The van der Waals surface area contributed by atoms with Gasteiger partial charge in [0.1, 0.15) is 5.60 Å². The zero-order valence-corrected chi connectivity index (χ0v) is 14.0. The molecule has 0 fully saturated rings. The van der Waals surface area contributed by atoms with Gasteiger partial charge in [0.05, 0.1) is 18.4 Å². The Morgan fingerprint density at radius 3 is 2.21 bits per heavy atom. The summed E-state index contributed by atoms with van der Waals surface area (Å²) in [6, 6.07) is 6.03. The van der Waals surface area contributed by atoms with E-state index >= 15 is 0 Å². The molecule has 7 heteroatoms. The van der Waals surface area contributed by atoms with E-state index in [-0.39, 0.29) is 19.4 Å². The first kappa shape index (κ1) is 19.6. The maximum Gasteiger partial charge on any atom is 0.338 e. The zero-order chi connectivity index (χ0) is 18.3. The average molecular weight is 337 g/mol. The normalized spacial score (nSPS) is 11.3. The van der Waals surface area contributed by atoms with Crippen LogP contribution >= 0.6 is 0 Å². The van der Waals surface area contributed by atoms with Crippen LogP contribution in [0.3, 0.4) is 0 Å². The number of aliphatic carboxylic acids is 2. The highest BCUT2D eigenvalue weighted by molar-refractivity contribution is 5.89. The van der Waals surface area contributed by atoms with Crippen molar-refractivity contribution in [1.29, 1.82) is 0 Å². The first-order chi connectivity index (χ1) is 11.1. The van der Waals surface area contributed by atoms with E-state index in [1.54, 1.807) is 45.0 Å². The highest BCUT2D eigenvalue weighted by Crippen LogP contribution is 2.13. The smallest absolute Gasteiger partial charge is 0.338 e. The fourth-order valence-electron chi connectivity index (χ4n) is 2.05. The van der Waals surface area contributed by atoms with Gasteiger partial charge in [0.2, 0.25) is 0 Å². The Bertz CT molecular complexity index is 589. The molecule has 0 aromatic heterocycles. The number of rotatable bonds is 8. The summed E-state index contributed by atoms with van der Waals surface area (Å²) in [7, 11) is 0. The third-order valence-corrected chi connectivity index (χ3v) is 3.00. The second kappa shape index (κ2) is 8.44. The van der Waals surface area contributed by atoms with Crippen LogP contribution in [0.15, 0.2) is 24.3 Å². The molecule has 1 rings (SSSR count). The Hall–Kier alpha value is -2.41. The van der Waals surface area contributed by atoms with Crippen molar-refractivity contribution in [2.45, 2.75) is 51.8 Å². The summed E-state index contributed by atoms with van der Waals surface area (Å²) in [6.45, 7) is 5.58. The summed E-state index contributed by atoms with van der Waals surface area (Å²) in [4.78, 5) is 33.6. The summed E-state index contributed by atoms with van der Waals surface area (Å²) in [6.07, 6.45) is -0.587. The molecule has 7 nitrogen and oxygen atoms in total. The van der Waals surface area contributed by atoms with Crippen molar-refractivity contribution in [1.82, 2.24) is 5.32 Å². The molecule has 0 saturated heterocycles. The predicted octanol–water partition coefficient (Wildman–Crippen LogP) is 2.05. The van der Waals surface area contributed by atoms with E-state index in [4.69, 9.17) is 14.9 Å². The SMILES string of the molecule is CC(C)(C)OC(=O)c1cccc(CNC(CC(=O)O)CC(=O)O)c1. The van der Waals surface area contributed by atoms with Gasteiger partial charge in [-0.05, 0) is 38.5 Å². The number of esters is 1. The van der Waals surface area contributed by atoms with Crippen molar-refractivity contribution >= 4 is 17.9 Å². The number of carboxylic acids is 2. The molecule has 0 atom stereocenters.